The monoisotopic (exact) mass is 412 g/mol. The highest BCUT2D eigenvalue weighted by atomic mass is 79.9. The summed E-state index contributed by atoms with van der Waals surface area (Å²) in [7, 11) is 0. The predicted molar refractivity (Wildman–Crippen MR) is 83.3 cm³/mol. The number of rotatable bonds is 4. The average molecular weight is 414 g/mol. The van der Waals surface area contributed by atoms with Crippen molar-refractivity contribution in [1.82, 2.24) is 14.9 Å². The van der Waals surface area contributed by atoms with Gasteiger partial charge in [-0.2, -0.15) is 0 Å². The Labute approximate surface area is 137 Å². The van der Waals surface area contributed by atoms with Crippen LogP contribution in [-0.4, -0.2) is 50.5 Å². The molecular weight excluding hydrogens is 396 g/mol. The van der Waals surface area contributed by atoms with E-state index in [-0.39, 0.29) is 39.9 Å². The Kier molecular flexibility index (Phi) is 7.99. The van der Waals surface area contributed by atoms with E-state index in [1.54, 1.807) is 6.20 Å². The third kappa shape index (κ3) is 4.29. The molecule has 0 bridgehead atoms. The predicted octanol–water partition coefficient (Wildman–Crippen LogP) is 0.511. The third-order valence-electron chi connectivity index (χ3n) is 3.13. The Morgan fingerprint density at radius 3 is 2.80 bits per heavy atom. The van der Waals surface area contributed by atoms with E-state index >= 15 is 0 Å². The van der Waals surface area contributed by atoms with E-state index in [2.05, 4.69) is 9.97 Å². The summed E-state index contributed by atoms with van der Waals surface area (Å²) < 4.78 is 0. The van der Waals surface area contributed by atoms with Gasteiger partial charge in [-0.05, 0) is 12.8 Å². The Morgan fingerprint density at radius 1 is 1.55 bits per heavy atom. The Morgan fingerprint density at radius 2 is 2.25 bits per heavy atom. The standard InChI is InChI=1S/C11H16N4O3.2BrH/c12-8(4-7-5-13-6-14-7)10(16)15-3-1-2-9(15)11(17)18;;/h5-6,8-9H,1-4,12H2,(H,13,14)(H,17,18);2*1H/t8-,9-;;/m0../s1. The van der Waals surface area contributed by atoms with E-state index in [0.717, 1.165) is 5.69 Å². The van der Waals surface area contributed by atoms with Gasteiger partial charge in [-0.25, -0.2) is 9.78 Å². The Balaban J connectivity index is 0.00000180. The number of carbonyl (C=O) groups is 2. The summed E-state index contributed by atoms with van der Waals surface area (Å²) in [6.07, 6.45) is 4.66. The lowest BCUT2D eigenvalue weighted by atomic mass is 10.1. The molecule has 1 aromatic heterocycles. The first-order chi connectivity index (χ1) is 8.59. The highest BCUT2D eigenvalue weighted by Gasteiger charge is 2.36. The summed E-state index contributed by atoms with van der Waals surface area (Å²) in [4.78, 5) is 31.2. The van der Waals surface area contributed by atoms with Gasteiger partial charge in [0.1, 0.15) is 6.04 Å². The molecule has 1 fully saturated rings. The van der Waals surface area contributed by atoms with Crippen LogP contribution in [0.1, 0.15) is 18.5 Å². The van der Waals surface area contributed by atoms with E-state index in [1.807, 2.05) is 0 Å². The maximum absolute atomic E-state index is 12.1. The van der Waals surface area contributed by atoms with Crippen LogP contribution in [0.25, 0.3) is 0 Å². The molecular formula is C11H18Br2N4O3. The third-order valence-corrected chi connectivity index (χ3v) is 3.13. The van der Waals surface area contributed by atoms with Crippen LogP contribution in [-0.2, 0) is 16.0 Å². The first-order valence-electron chi connectivity index (χ1n) is 5.85. The molecule has 2 rings (SSSR count). The molecule has 0 saturated carbocycles. The van der Waals surface area contributed by atoms with Crippen LogP contribution in [0, 0.1) is 0 Å². The zero-order chi connectivity index (χ0) is 13.1. The highest BCUT2D eigenvalue weighted by Crippen LogP contribution is 2.18. The lowest BCUT2D eigenvalue weighted by Gasteiger charge is -2.24. The smallest absolute Gasteiger partial charge is 0.326 e. The summed E-state index contributed by atoms with van der Waals surface area (Å²) in [5.74, 6) is -1.27. The molecule has 0 radical (unpaired) electrons. The van der Waals surface area contributed by atoms with Gasteiger partial charge in [-0.3, -0.25) is 4.79 Å². The van der Waals surface area contributed by atoms with Gasteiger partial charge in [0.05, 0.1) is 12.4 Å². The van der Waals surface area contributed by atoms with Crippen LogP contribution in [0.2, 0.25) is 0 Å². The van der Waals surface area contributed by atoms with Crippen molar-refractivity contribution in [3.8, 4) is 0 Å². The number of likely N-dealkylation sites (tertiary alicyclic amines) is 1. The maximum Gasteiger partial charge on any atom is 0.326 e. The van der Waals surface area contributed by atoms with Crippen LogP contribution >= 0.6 is 34.0 Å². The number of hydrogen-bond donors (Lipinski definition) is 3. The van der Waals surface area contributed by atoms with Crippen LogP contribution in [0.5, 0.6) is 0 Å². The second-order valence-electron chi connectivity index (χ2n) is 4.42. The summed E-state index contributed by atoms with van der Waals surface area (Å²) in [5, 5.41) is 9.02. The Hall–Kier alpha value is -0.930. The van der Waals surface area contributed by atoms with Crippen molar-refractivity contribution in [3.05, 3.63) is 18.2 Å². The molecule has 7 nitrogen and oxygen atoms in total. The normalized spacial score (nSPS) is 18.9. The van der Waals surface area contributed by atoms with Gasteiger partial charge in [0.25, 0.3) is 0 Å². The fourth-order valence-corrected chi connectivity index (χ4v) is 2.22. The summed E-state index contributed by atoms with van der Waals surface area (Å²) in [5.41, 5.74) is 6.58. The van der Waals surface area contributed by atoms with Crippen molar-refractivity contribution in [3.63, 3.8) is 0 Å². The quantitative estimate of drug-likeness (QED) is 0.665. The van der Waals surface area contributed by atoms with Crippen molar-refractivity contribution < 1.29 is 14.7 Å². The van der Waals surface area contributed by atoms with Crippen LogP contribution in [0.4, 0.5) is 0 Å². The second-order valence-corrected chi connectivity index (χ2v) is 4.42. The molecule has 1 aliphatic heterocycles. The SMILES string of the molecule is Br.Br.N[C@@H](Cc1cnc[nH]1)C(=O)N1CCC[C@H]1C(=O)O. The lowest BCUT2D eigenvalue weighted by molar-refractivity contribution is -0.148. The van der Waals surface area contributed by atoms with E-state index in [9.17, 15) is 9.59 Å². The van der Waals surface area contributed by atoms with E-state index in [1.165, 1.54) is 11.2 Å². The lowest BCUT2D eigenvalue weighted by Crippen LogP contribution is -2.49. The number of nitrogens with one attached hydrogen (secondary N) is 1. The topological polar surface area (TPSA) is 112 Å². The zero-order valence-electron chi connectivity index (χ0n) is 10.7. The first-order valence-corrected chi connectivity index (χ1v) is 5.85. The Bertz CT molecular complexity index is 441. The van der Waals surface area contributed by atoms with Crippen molar-refractivity contribution in [2.24, 2.45) is 5.73 Å². The molecule has 114 valence electrons. The number of nitrogens with zero attached hydrogens (tertiary/aromatic N) is 2. The maximum atomic E-state index is 12.1. The number of nitrogens with two attached hydrogens (primary N) is 1. The van der Waals surface area contributed by atoms with Crippen molar-refractivity contribution >= 4 is 45.8 Å². The van der Waals surface area contributed by atoms with Gasteiger partial charge in [0.15, 0.2) is 0 Å². The molecule has 1 aliphatic rings. The molecule has 1 amide bonds. The molecule has 0 unspecified atom stereocenters. The number of carbonyl (C=O) groups excluding carboxylic acids is 1. The van der Waals surface area contributed by atoms with Crippen molar-refractivity contribution in [2.45, 2.75) is 31.3 Å². The molecule has 0 spiro atoms. The minimum Gasteiger partial charge on any atom is -0.480 e. The van der Waals surface area contributed by atoms with Crippen molar-refractivity contribution in [1.29, 1.82) is 0 Å². The van der Waals surface area contributed by atoms with Gasteiger partial charge in [0, 0.05) is 24.9 Å². The number of aromatic amines is 1. The molecule has 1 aromatic rings. The molecule has 2 atom stereocenters. The second kappa shape index (κ2) is 8.38. The number of aliphatic carboxylic acids is 1. The number of halogens is 2. The fraction of sp³-hybridized carbons (Fsp3) is 0.545. The number of H-pyrrole nitrogens is 1. The number of hydrogen-bond acceptors (Lipinski definition) is 4. The van der Waals surface area contributed by atoms with Crippen LogP contribution in [0.3, 0.4) is 0 Å². The molecule has 4 N–H and O–H groups in total. The van der Waals surface area contributed by atoms with Crippen LogP contribution in [0.15, 0.2) is 12.5 Å². The number of amides is 1. The summed E-state index contributed by atoms with van der Waals surface area (Å²) >= 11 is 0. The van der Waals surface area contributed by atoms with E-state index < -0.39 is 18.1 Å². The minimum absolute atomic E-state index is 0. The largest absolute Gasteiger partial charge is 0.480 e. The number of imidazole rings is 1. The van der Waals surface area contributed by atoms with Crippen LogP contribution < -0.4 is 5.73 Å². The first kappa shape index (κ1) is 19.1. The number of aromatic nitrogens is 2. The molecule has 0 aliphatic carbocycles. The molecule has 0 aromatic carbocycles. The van der Waals surface area contributed by atoms with Gasteiger partial charge >= 0.3 is 5.97 Å². The van der Waals surface area contributed by atoms with Gasteiger partial charge in [-0.15, -0.1) is 34.0 Å². The number of carboxylic acid groups (broad SMARTS) is 1. The molecule has 20 heavy (non-hydrogen) atoms. The van der Waals surface area contributed by atoms with Gasteiger partial charge in [0.2, 0.25) is 5.91 Å². The molecule has 9 heteroatoms. The van der Waals surface area contributed by atoms with Crippen molar-refractivity contribution in [2.75, 3.05) is 6.54 Å². The summed E-state index contributed by atoms with van der Waals surface area (Å²) in [6, 6.07) is -1.46. The average Bonchev–Trinajstić information content (AvgIpc) is 2.97. The highest BCUT2D eigenvalue weighted by molar-refractivity contribution is 8.93. The zero-order valence-corrected chi connectivity index (χ0v) is 14.1. The van der Waals surface area contributed by atoms with E-state index in [4.69, 9.17) is 10.8 Å². The minimum atomic E-state index is -0.963. The fourth-order valence-electron chi connectivity index (χ4n) is 2.22. The van der Waals surface area contributed by atoms with Gasteiger partial charge in [-0.1, -0.05) is 0 Å². The van der Waals surface area contributed by atoms with E-state index in [0.29, 0.717) is 25.8 Å². The number of carboxylic acids is 1. The summed E-state index contributed by atoms with van der Waals surface area (Å²) in [6.45, 7) is 0.465. The van der Waals surface area contributed by atoms with Gasteiger partial charge < -0.3 is 20.7 Å². The molecule has 1 saturated heterocycles. The molecule has 2 heterocycles.